The third kappa shape index (κ3) is 5.81. The molecule has 0 bridgehead atoms. The number of ether oxygens (including phenoxy) is 1. The second kappa shape index (κ2) is 12.2. The van der Waals surface area contributed by atoms with Crippen LogP contribution in [0.2, 0.25) is 0 Å². The smallest absolute Gasteiger partial charge is 0.257 e. The van der Waals surface area contributed by atoms with Crippen molar-refractivity contribution in [1.82, 2.24) is 29.0 Å². The molecule has 5 rings (SSSR count). The summed E-state index contributed by atoms with van der Waals surface area (Å²) in [6.07, 6.45) is 2.87. The van der Waals surface area contributed by atoms with Gasteiger partial charge in [0.1, 0.15) is 17.4 Å². The number of carbonyl (C=O) groups is 1. The van der Waals surface area contributed by atoms with Crippen LogP contribution in [0, 0.1) is 6.92 Å². The van der Waals surface area contributed by atoms with Crippen LogP contribution < -0.4 is 10.1 Å². The van der Waals surface area contributed by atoms with Crippen LogP contribution >= 0.6 is 0 Å². The number of methoxy groups -OCH3 is 1. The number of fused-ring (bicyclic) bond motifs is 1. The summed E-state index contributed by atoms with van der Waals surface area (Å²) in [5.41, 5.74) is 5.61. The maximum absolute atomic E-state index is 13.4. The normalized spacial score (nSPS) is 12.7. The predicted octanol–water partition coefficient (Wildman–Crippen LogP) is 4.23. The van der Waals surface area contributed by atoms with Crippen LogP contribution in [0.15, 0.2) is 60.9 Å². The van der Waals surface area contributed by atoms with Crippen molar-refractivity contribution in [3.05, 3.63) is 83.4 Å². The lowest BCUT2D eigenvalue weighted by Crippen LogP contribution is -2.37. The fourth-order valence-corrected chi connectivity index (χ4v) is 5.02. The highest BCUT2D eigenvalue weighted by molar-refractivity contribution is 5.99. The van der Waals surface area contributed by atoms with Gasteiger partial charge in [0.25, 0.3) is 5.91 Å². The Morgan fingerprint density at radius 2 is 1.93 bits per heavy atom. The Kier molecular flexibility index (Phi) is 8.47. The molecule has 3 heterocycles. The van der Waals surface area contributed by atoms with Gasteiger partial charge in [0.2, 0.25) is 0 Å². The molecule has 11 heteroatoms. The molecule has 11 nitrogen and oxygen atoms in total. The molecule has 43 heavy (non-hydrogen) atoms. The monoisotopic (exact) mass is 583 g/mol. The number of carbonyl (C=O) groups excluding carboxylic acids is 1. The van der Waals surface area contributed by atoms with Gasteiger partial charge in [0, 0.05) is 50.2 Å². The summed E-state index contributed by atoms with van der Waals surface area (Å²) in [5.74, 6) is 1.69. The van der Waals surface area contributed by atoms with Gasteiger partial charge in [0.15, 0.2) is 5.65 Å². The summed E-state index contributed by atoms with van der Waals surface area (Å²) < 4.78 is 9.21. The van der Waals surface area contributed by atoms with Gasteiger partial charge in [0.05, 0.1) is 42.8 Å². The van der Waals surface area contributed by atoms with Crippen molar-refractivity contribution in [3.63, 3.8) is 0 Å². The van der Waals surface area contributed by atoms with Crippen LogP contribution in [0.1, 0.15) is 47.3 Å². The summed E-state index contributed by atoms with van der Waals surface area (Å²) in [5, 5.41) is 28.4. The molecule has 3 N–H and O–H groups in total. The number of hydrogen-bond donors (Lipinski definition) is 3. The quantitative estimate of drug-likeness (QED) is 0.223. The first-order valence-corrected chi connectivity index (χ1v) is 14.1. The molecule has 0 spiro atoms. The van der Waals surface area contributed by atoms with Gasteiger partial charge in [-0.2, -0.15) is 9.61 Å². The first-order chi connectivity index (χ1) is 20.6. The van der Waals surface area contributed by atoms with Gasteiger partial charge in [-0.25, -0.2) is 9.97 Å². The van der Waals surface area contributed by atoms with Crippen molar-refractivity contribution in [2.24, 2.45) is 7.05 Å². The minimum Gasteiger partial charge on any atom is -0.496 e. The van der Waals surface area contributed by atoms with E-state index in [-0.39, 0.29) is 18.6 Å². The summed E-state index contributed by atoms with van der Waals surface area (Å²) in [6.45, 7) is 5.67. The summed E-state index contributed by atoms with van der Waals surface area (Å²) in [4.78, 5) is 24.1. The molecule has 3 aromatic heterocycles. The Bertz CT molecular complexity index is 1780. The van der Waals surface area contributed by atoms with E-state index >= 15 is 0 Å². The Morgan fingerprint density at radius 3 is 2.60 bits per heavy atom. The number of anilines is 1. The molecule has 0 saturated carbocycles. The van der Waals surface area contributed by atoms with E-state index in [1.807, 2.05) is 49.0 Å². The van der Waals surface area contributed by atoms with Crippen molar-refractivity contribution in [1.29, 1.82) is 0 Å². The van der Waals surface area contributed by atoms with E-state index < -0.39 is 6.10 Å². The molecule has 0 aliphatic carbocycles. The summed E-state index contributed by atoms with van der Waals surface area (Å²) in [6, 6.07) is 15.0. The molecule has 0 saturated heterocycles. The number of nitrogens with one attached hydrogen (secondary N) is 1. The molecule has 1 unspecified atom stereocenters. The van der Waals surface area contributed by atoms with Crippen LogP contribution in [0.3, 0.4) is 0 Å². The Morgan fingerprint density at radius 1 is 1.14 bits per heavy atom. The SMILES string of the molecule is COc1ccc(-c2c(C)nn3c(NCc4cccc(-c5nccn5C)c4)cc(C(C)O)nc23)cc1C(=O)N(C)[C@@H](C)CO. The van der Waals surface area contributed by atoms with Crippen LogP contribution in [0.4, 0.5) is 5.82 Å². The Balaban J connectivity index is 1.55. The Hall–Kier alpha value is -4.74. The number of likely N-dealkylation sites (N-methyl/N-ethyl adjacent to an activating group) is 1. The van der Waals surface area contributed by atoms with Crippen molar-refractivity contribution in [2.75, 3.05) is 26.1 Å². The lowest BCUT2D eigenvalue weighted by atomic mass is 10.0. The van der Waals surface area contributed by atoms with Crippen LogP contribution in [-0.4, -0.2) is 72.0 Å². The van der Waals surface area contributed by atoms with E-state index in [1.165, 1.54) is 12.0 Å². The Labute approximate surface area is 250 Å². The second-order valence-electron chi connectivity index (χ2n) is 10.7. The molecule has 0 aliphatic heterocycles. The van der Waals surface area contributed by atoms with E-state index in [1.54, 1.807) is 49.8 Å². The molecular weight excluding hydrogens is 546 g/mol. The molecular formula is C32H37N7O4. The highest BCUT2D eigenvalue weighted by Gasteiger charge is 2.24. The number of aliphatic hydroxyl groups excluding tert-OH is 2. The van der Waals surface area contributed by atoms with Gasteiger partial charge in [-0.1, -0.05) is 24.3 Å². The molecule has 5 aromatic rings. The largest absolute Gasteiger partial charge is 0.496 e. The number of aryl methyl sites for hydroxylation is 2. The molecule has 224 valence electrons. The maximum atomic E-state index is 13.4. The highest BCUT2D eigenvalue weighted by Crippen LogP contribution is 2.34. The standard InChI is InChI=1S/C32H37N7O4/c1-19(18-40)38(5)32(42)25-15-23(10-11-27(25)43-6)29-20(2)36-39-28(16-26(21(3)41)35-31(29)39)34-17-22-8-7-9-24(14-22)30-33-12-13-37(30)4/h7-16,19,21,34,40-41H,17-18H2,1-6H3/t19-,21?/m0/s1. The van der Waals surface area contributed by atoms with Crippen LogP contribution in [-0.2, 0) is 13.6 Å². The number of amides is 1. The van der Waals surface area contributed by atoms with Crippen LogP contribution in [0.25, 0.3) is 28.2 Å². The fourth-order valence-electron chi connectivity index (χ4n) is 5.02. The van der Waals surface area contributed by atoms with Gasteiger partial charge in [-0.3, -0.25) is 4.79 Å². The maximum Gasteiger partial charge on any atom is 0.257 e. The van der Waals surface area contributed by atoms with Gasteiger partial charge in [-0.05, 0) is 50.1 Å². The van der Waals surface area contributed by atoms with Gasteiger partial charge in [-0.15, -0.1) is 0 Å². The van der Waals surface area contributed by atoms with E-state index in [9.17, 15) is 15.0 Å². The van der Waals surface area contributed by atoms with E-state index in [4.69, 9.17) is 14.8 Å². The van der Waals surface area contributed by atoms with E-state index in [0.717, 1.165) is 28.1 Å². The van der Waals surface area contributed by atoms with Crippen molar-refractivity contribution in [2.45, 2.75) is 39.5 Å². The third-order valence-electron chi connectivity index (χ3n) is 7.66. The summed E-state index contributed by atoms with van der Waals surface area (Å²) in [7, 11) is 5.13. The van der Waals surface area contributed by atoms with E-state index in [0.29, 0.717) is 40.7 Å². The predicted molar refractivity (Wildman–Crippen MR) is 165 cm³/mol. The highest BCUT2D eigenvalue weighted by atomic mass is 16.5. The van der Waals surface area contributed by atoms with Crippen molar-refractivity contribution < 1.29 is 19.7 Å². The first kappa shape index (κ1) is 29.7. The average molecular weight is 584 g/mol. The zero-order valence-corrected chi connectivity index (χ0v) is 25.2. The van der Waals surface area contributed by atoms with Crippen LogP contribution in [0.5, 0.6) is 5.75 Å². The lowest BCUT2D eigenvalue weighted by Gasteiger charge is -2.24. The van der Waals surface area contributed by atoms with E-state index in [2.05, 4.69) is 16.4 Å². The lowest BCUT2D eigenvalue weighted by molar-refractivity contribution is 0.0679. The molecule has 0 aliphatic rings. The molecule has 1 amide bonds. The molecule has 0 radical (unpaired) electrons. The zero-order valence-electron chi connectivity index (χ0n) is 25.2. The number of aromatic nitrogens is 5. The number of hydrogen-bond acceptors (Lipinski definition) is 8. The minimum absolute atomic E-state index is 0.160. The first-order valence-electron chi connectivity index (χ1n) is 14.1. The fraction of sp³-hybridized carbons (Fsp3) is 0.312. The number of nitrogens with zero attached hydrogens (tertiary/aromatic N) is 6. The molecule has 2 aromatic carbocycles. The van der Waals surface area contributed by atoms with Gasteiger partial charge >= 0.3 is 0 Å². The number of rotatable bonds is 10. The van der Waals surface area contributed by atoms with Gasteiger partial charge < -0.3 is 29.7 Å². The zero-order chi connectivity index (χ0) is 30.8. The third-order valence-corrected chi connectivity index (χ3v) is 7.66. The topological polar surface area (TPSA) is 130 Å². The minimum atomic E-state index is -0.818. The number of benzene rings is 2. The van der Waals surface area contributed by atoms with Crippen molar-refractivity contribution in [3.8, 4) is 28.3 Å². The molecule has 0 fully saturated rings. The number of aliphatic hydroxyl groups is 2. The molecule has 2 atom stereocenters. The average Bonchev–Trinajstić information content (AvgIpc) is 3.60. The summed E-state index contributed by atoms with van der Waals surface area (Å²) >= 11 is 0. The van der Waals surface area contributed by atoms with Crippen molar-refractivity contribution >= 4 is 17.4 Å². The second-order valence-corrected chi connectivity index (χ2v) is 10.7. The number of imidazole rings is 1.